The van der Waals surface area contributed by atoms with Crippen molar-refractivity contribution in [2.24, 2.45) is 0 Å². The molecule has 5 nitrogen and oxygen atoms in total. The van der Waals surface area contributed by atoms with Gasteiger partial charge in [-0.15, -0.1) is 0 Å². The van der Waals surface area contributed by atoms with Gasteiger partial charge in [0.2, 0.25) is 0 Å². The molecule has 0 radical (unpaired) electrons. The summed E-state index contributed by atoms with van der Waals surface area (Å²) in [5, 5.41) is 12.6. The summed E-state index contributed by atoms with van der Waals surface area (Å²) in [6.45, 7) is 2.97. The zero-order valence-corrected chi connectivity index (χ0v) is 11.4. The van der Waals surface area contributed by atoms with Crippen LogP contribution in [0.15, 0.2) is 12.1 Å². The van der Waals surface area contributed by atoms with Crippen molar-refractivity contribution in [3.63, 3.8) is 0 Å². The number of methoxy groups -OCH3 is 2. The number of carbonyl (C=O) groups is 1. The number of aromatic carboxylic acids is 1. The van der Waals surface area contributed by atoms with Crippen LogP contribution in [0.3, 0.4) is 0 Å². The number of hydrogen-bond acceptors (Lipinski definition) is 4. The molecular formula is C14H19NO4. The summed E-state index contributed by atoms with van der Waals surface area (Å²) in [6, 6.07) is 3.16. The molecule has 1 atom stereocenters. The molecular weight excluding hydrogens is 246 g/mol. The van der Waals surface area contributed by atoms with Gasteiger partial charge in [0.05, 0.1) is 19.8 Å². The number of hydrogen-bond donors (Lipinski definition) is 2. The van der Waals surface area contributed by atoms with Crippen LogP contribution in [0.25, 0.3) is 0 Å². The van der Waals surface area contributed by atoms with E-state index >= 15 is 0 Å². The molecule has 1 unspecified atom stereocenters. The molecule has 0 spiro atoms. The van der Waals surface area contributed by atoms with Gasteiger partial charge in [0.1, 0.15) is 0 Å². The number of rotatable bonds is 4. The Bertz CT molecular complexity index is 492. The minimum atomic E-state index is -0.969. The van der Waals surface area contributed by atoms with Gasteiger partial charge >= 0.3 is 5.97 Å². The van der Waals surface area contributed by atoms with Crippen molar-refractivity contribution in [3.8, 4) is 11.5 Å². The van der Waals surface area contributed by atoms with Gasteiger partial charge in [0.15, 0.2) is 11.5 Å². The Labute approximate surface area is 112 Å². The molecule has 1 heterocycles. The average Bonchev–Trinajstić information content (AvgIpc) is 2.85. The maximum Gasteiger partial charge on any atom is 0.335 e. The fourth-order valence-corrected chi connectivity index (χ4v) is 2.62. The lowest BCUT2D eigenvalue weighted by molar-refractivity contribution is 0.0696. The van der Waals surface area contributed by atoms with Crippen molar-refractivity contribution >= 4 is 5.97 Å². The summed E-state index contributed by atoms with van der Waals surface area (Å²) in [6.07, 6.45) is 1.99. The van der Waals surface area contributed by atoms with Gasteiger partial charge in [-0.05, 0) is 38.4 Å². The molecule has 0 saturated carbocycles. The van der Waals surface area contributed by atoms with E-state index in [0.29, 0.717) is 11.5 Å². The lowest BCUT2D eigenvalue weighted by Gasteiger charge is -2.28. The number of carboxylic acid groups (broad SMARTS) is 1. The minimum Gasteiger partial charge on any atom is -0.493 e. The summed E-state index contributed by atoms with van der Waals surface area (Å²) in [4.78, 5) is 11.2. The number of carboxylic acids is 1. The van der Waals surface area contributed by atoms with Gasteiger partial charge in [0, 0.05) is 11.1 Å². The molecule has 1 fully saturated rings. The lowest BCUT2D eigenvalue weighted by atomic mass is 9.88. The zero-order valence-electron chi connectivity index (χ0n) is 11.4. The fraction of sp³-hybridized carbons (Fsp3) is 0.500. The highest BCUT2D eigenvalue weighted by Gasteiger charge is 2.34. The average molecular weight is 265 g/mol. The van der Waals surface area contributed by atoms with E-state index in [1.165, 1.54) is 13.2 Å². The Morgan fingerprint density at radius 3 is 2.58 bits per heavy atom. The van der Waals surface area contributed by atoms with Gasteiger partial charge in [-0.1, -0.05) is 0 Å². The second kappa shape index (κ2) is 5.09. The van der Waals surface area contributed by atoms with E-state index in [9.17, 15) is 9.90 Å². The topological polar surface area (TPSA) is 67.8 Å². The first-order valence-electron chi connectivity index (χ1n) is 6.26. The van der Waals surface area contributed by atoms with E-state index < -0.39 is 5.97 Å². The Balaban J connectivity index is 2.62. The van der Waals surface area contributed by atoms with Crippen LogP contribution < -0.4 is 14.8 Å². The first-order valence-corrected chi connectivity index (χ1v) is 6.26. The molecule has 0 amide bonds. The first-order chi connectivity index (χ1) is 9.01. The van der Waals surface area contributed by atoms with Crippen LogP contribution in [-0.4, -0.2) is 31.8 Å². The molecule has 1 saturated heterocycles. The summed E-state index contributed by atoms with van der Waals surface area (Å²) < 4.78 is 10.7. The van der Waals surface area contributed by atoms with E-state index in [4.69, 9.17) is 9.47 Å². The smallest absolute Gasteiger partial charge is 0.335 e. The molecule has 1 aliphatic rings. The third-order valence-corrected chi connectivity index (χ3v) is 3.69. The summed E-state index contributed by atoms with van der Waals surface area (Å²) in [5.41, 5.74) is 0.774. The number of benzene rings is 1. The van der Waals surface area contributed by atoms with Crippen LogP contribution in [0, 0.1) is 0 Å². The molecule has 0 aromatic heterocycles. The molecule has 104 valence electrons. The second-order valence-corrected chi connectivity index (χ2v) is 4.93. The molecule has 0 bridgehead atoms. The van der Waals surface area contributed by atoms with Crippen molar-refractivity contribution in [3.05, 3.63) is 23.3 Å². The van der Waals surface area contributed by atoms with E-state index in [-0.39, 0.29) is 11.1 Å². The van der Waals surface area contributed by atoms with E-state index in [0.717, 1.165) is 24.9 Å². The summed E-state index contributed by atoms with van der Waals surface area (Å²) >= 11 is 0. The van der Waals surface area contributed by atoms with Crippen molar-refractivity contribution in [2.45, 2.75) is 25.3 Å². The zero-order chi connectivity index (χ0) is 14.0. The third-order valence-electron chi connectivity index (χ3n) is 3.69. The maximum absolute atomic E-state index is 11.2. The predicted molar refractivity (Wildman–Crippen MR) is 71.1 cm³/mol. The SMILES string of the molecule is COc1cc(C(=O)O)cc(C2(C)CCCN2)c1OC. The molecule has 2 N–H and O–H groups in total. The van der Waals surface area contributed by atoms with E-state index in [2.05, 4.69) is 12.2 Å². The van der Waals surface area contributed by atoms with Crippen LogP contribution in [-0.2, 0) is 5.54 Å². The minimum absolute atomic E-state index is 0.211. The van der Waals surface area contributed by atoms with Crippen molar-refractivity contribution in [1.29, 1.82) is 0 Å². The van der Waals surface area contributed by atoms with Gasteiger partial charge in [-0.2, -0.15) is 0 Å². The van der Waals surface area contributed by atoms with Crippen molar-refractivity contribution in [1.82, 2.24) is 5.32 Å². The number of nitrogens with one attached hydrogen (secondary N) is 1. The Morgan fingerprint density at radius 1 is 1.37 bits per heavy atom. The molecule has 1 aliphatic heterocycles. The highest BCUT2D eigenvalue weighted by Crippen LogP contribution is 2.42. The fourth-order valence-electron chi connectivity index (χ4n) is 2.62. The second-order valence-electron chi connectivity index (χ2n) is 4.93. The van der Waals surface area contributed by atoms with Gasteiger partial charge in [-0.25, -0.2) is 4.79 Å². The largest absolute Gasteiger partial charge is 0.493 e. The Hall–Kier alpha value is -1.75. The summed E-state index contributed by atoms with van der Waals surface area (Å²) in [5.74, 6) is 0.0838. The molecule has 1 aromatic rings. The highest BCUT2D eigenvalue weighted by atomic mass is 16.5. The highest BCUT2D eigenvalue weighted by molar-refractivity contribution is 5.89. The van der Waals surface area contributed by atoms with Gasteiger partial charge in [-0.3, -0.25) is 0 Å². The quantitative estimate of drug-likeness (QED) is 0.871. The van der Waals surface area contributed by atoms with Crippen LogP contribution in [0.4, 0.5) is 0 Å². The molecule has 2 rings (SSSR count). The Kier molecular flexibility index (Phi) is 3.66. The van der Waals surface area contributed by atoms with Crippen molar-refractivity contribution in [2.75, 3.05) is 20.8 Å². The molecule has 19 heavy (non-hydrogen) atoms. The summed E-state index contributed by atoms with van der Waals surface area (Å²) in [7, 11) is 3.08. The normalized spacial score (nSPS) is 22.3. The van der Waals surface area contributed by atoms with Crippen molar-refractivity contribution < 1.29 is 19.4 Å². The van der Waals surface area contributed by atoms with E-state index in [1.807, 2.05) is 0 Å². The van der Waals surface area contributed by atoms with Gasteiger partial charge < -0.3 is 19.9 Å². The maximum atomic E-state index is 11.2. The number of ether oxygens (including phenoxy) is 2. The Morgan fingerprint density at radius 2 is 2.11 bits per heavy atom. The van der Waals surface area contributed by atoms with Crippen LogP contribution >= 0.6 is 0 Å². The van der Waals surface area contributed by atoms with Crippen LogP contribution in [0.1, 0.15) is 35.7 Å². The first kappa shape index (κ1) is 13.7. The monoisotopic (exact) mass is 265 g/mol. The molecule has 1 aromatic carbocycles. The van der Waals surface area contributed by atoms with Gasteiger partial charge in [0.25, 0.3) is 0 Å². The third kappa shape index (κ3) is 2.38. The molecule has 0 aliphatic carbocycles. The predicted octanol–water partition coefficient (Wildman–Crippen LogP) is 2.00. The standard InChI is InChI=1S/C14H19NO4/c1-14(5-4-6-15-14)10-7-9(13(16)17)8-11(18-2)12(10)19-3/h7-8,15H,4-6H2,1-3H3,(H,16,17). The van der Waals surface area contributed by atoms with Crippen LogP contribution in [0.2, 0.25) is 0 Å². The van der Waals surface area contributed by atoms with E-state index in [1.54, 1.807) is 13.2 Å². The van der Waals surface area contributed by atoms with Crippen LogP contribution in [0.5, 0.6) is 11.5 Å². The molecule has 5 heteroatoms. The lowest BCUT2D eigenvalue weighted by Crippen LogP contribution is -2.33.